The number of benzene rings is 2. The molecule has 3 aromatic rings. The Balaban J connectivity index is 1.88. The molecule has 5 heteroatoms. The largest absolute Gasteiger partial charge is 0.442 e. The van der Waals surface area contributed by atoms with Gasteiger partial charge in [0.05, 0.1) is 4.90 Å². The second-order valence-corrected chi connectivity index (χ2v) is 8.86. The van der Waals surface area contributed by atoms with Crippen LogP contribution < -0.4 is 5.55 Å². The third-order valence-corrected chi connectivity index (χ3v) is 6.51. The minimum atomic E-state index is -3.84. The quantitative estimate of drug-likeness (QED) is 0.636. The predicted octanol–water partition coefficient (Wildman–Crippen LogP) is 5.08. The average molecular weight is 381 g/mol. The first-order valence-electron chi connectivity index (χ1n) is 9.43. The van der Waals surface area contributed by atoms with Crippen LogP contribution >= 0.6 is 0 Å². The fourth-order valence-electron chi connectivity index (χ4n) is 3.70. The SMILES string of the molecule is Cc1ccc(S(=O)(=O)/N=c2\oc(C3CCCCC3)cc3ccccc23)cc1. The highest BCUT2D eigenvalue weighted by atomic mass is 32.2. The fraction of sp³-hybridized carbons (Fsp3) is 0.318. The summed E-state index contributed by atoms with van der Waals surface area (Å²) < 4.78 is 35.8. The second-order valence-electron chi connectivity index (χ2n) is 7.26. The molecule has 0 spiro atoms. The van der Waals surface area contributed by atoms with Gasteiger partial charge in [0, 0.05) is 11.3 Å². The smallest absolute Gasteiger partial charge is 0.285 e. The van der Waals surface area contributed by atoms with E-state index in [4.69, 9.17) is 4.42 Å². The zero-order valence-corrected chi connectivity index (χ0v) is 16.2. The normalized spacial score (nSPS) is 16.7. The molecule has 27 heavy (non-hydrogen) atoms. The maximum Gasteiger partial charge on any atom is 0.285 e. The highest BCUT2D eigenvalue weighted by molar-refractivity contribution is 7.90. The van der Waals surface area contributed by atoms with Crippen molar-refractivity contribution in [3.05, 3.63) is 71.5 Å². The molecule has 0 bridgehead atoms. The summed E-state index contributed by atoms with van der Waals surface area (Å²) in [6.07, 6.45) is 5.77. The van der Waals surface area contributed by atoms with Gasteiger partial charge in [-0.1, -0.05) is 55.2 Å². The summed E-state index contributed by atoms with van der Waals surface area (Å²) >= 11 is 0. The number of aryl methyl sites for hydroxylation is 1. The number of hydrogen-bond donors (Lipinski definition) is 0. The molecule has 0 radical (unpaired) electrons. The van der Waals surface area contributed by atoms with Gasteiger partial charge < -0.3 is 4.42 Å². The lowest BCUT2D eigenvalue weighted by molar-refractivity contribution is 0.355. The molecule has 1 saturated carbocycles. The molecular formula is C22H23NO3S. The number of hydrogen-bond acceptors (Lipinski definition) is 3. The minimum absolute atomic E-state index is 0.175. The maximum atomic E-state index is 12.8. The Labute approximate surface area is 159 Å². The lowest BCUT2D eigenvalue weighted by Gasteiger charge is -2.20. The summed E-state index contributed by atoms with van der Waals surface area (Å²) in [7, 11) is -3.84. The zero-order chi connectivity index (χ0) is 18.9. The monoisotopic (exact) mass is 381 g/mol. The van der Waals surface area contributed by atoms with Crippen LogP contribution in [-0.4, -0.2) is 8.42 Å². The van der Waals surface area contributed by atoms with Crippen molar-refractivity contribution in [1.29, 1.82) is 0 Å². The Morgan fingerprint density at radius 3 is 2.41 bits per heavy atom. The van der Waals surface area contributed by atoms with Crippen molar-refractivity contribution in [2.45, 2.75) is 49.8 Å². The van der Waals surface area contributed by atoms with E-state index in [9.17, 15) is 8.42 Å². The highest BCUT2D eigenvalue weighted by Crippen LogP contribution is 2.33. The van der Waals surface area contributed by atoms with Crippen LogP contribution in [0.4, 0.5) is 0 Å². The zero-order valence-electron chi connectivity index (χ0n) is 15.4. The Hall–Kier alpha value is -2.40. The molecule has 0 aliphatic heterocycles. The lowest BCUT2D eigenvalue weighted by Crippen LogP contribution is -2.13. The van der Waals surface area contributed by atoms with Crippen LogP contribution in [0.3, 0.4) is 0 Å². The van der Waals surface area contributed by atoms with E-state index >= 15 is 0 Å². The van der Waals surface area contributed by atoms with Crippen molar-refractivity contribution < 1.29 is 12.8 Å². The van der Waals surface area contributed by atoms with E-state index in [1.165, 1.54) is 19.3 Å². The van der Waals surface area contributed by atoms with E-state index in [0.717, 1.165) is 29.6 Å². The lowest BCUT2D eigenvalue weighted by atomic mass is 9.87. The van der Waals surface area contributed by atoms with E-state index in [1.807, 2.05) is 37.3 Å². The van der Waals surface area contributed by atoms with Crippen LogP contribution in [0.1, 0.15) is 49.3 Å². The molecule has 4 rings (SSSR count). The summed E-state index contributed by atoms with van der Waals surface area (Å²) in [5.41, 5.74) is 1.18. The van der Waals surface area contributed by atoms with Gasteiger partial charge in [0.25, 0.3) is 10.0 Å². The molecule has 0 atom stereocenters. The fourth-order valence-corrected chi connectivity index (χ4v) is 4.63. The summed E-state index contributed by atoms with van der Waals surface area (Å²) in [6.45, 7) is 1.92. The van der Waals surface area contributed by atoms with E-state index in [2.05, 4.69) is 4.40 Å². The van der Waals surface area contributed by atoms with Gasteiger partial charge in [0.1, 0.15) is 5.76 Å². The van der Waals surface area contributed by atoms with Gasteiger partial charge >= 0.3 is 0 Å². The first-order valence-corrected chi connectivity index (χ1v) is 10.9. The predicted molar refractivity (Wildman–Crippen MR) is 106 cm³/mol. The third kappa shape index (κ3) is 3.83. The molecule has 4 nitrogen and oxygen atoms in total. The number of nitrogens with zero attached hydrogens (tertiary/aromatic N) is 1. The van der Waals surface area contributed by atoms with Crippen LogP contribution in [0.15, 0.2) is 68.3 Å². The Kier molecular flexibility index (Phi) is 4.87. The molecule has 1 aliphatic rings. The molecule has 1 fully saturated rings. The van der Waals surface area contributed by atoms with Crippen molar-refractivity contribution in [2.75, 3.05) is 0 Å². The van der Waals surface area contributed by atoms with E-state index < -0.39 is 10.0 Å². The Bertz CT molecular complexity index is 1120. The van der Waals surface area contributed by atoms with Crippen molar-refractivity contribution >= 4 is 20.8 Å². The van der Waals surface area contributed by atoms with Crippen molar-refractivity contribution in [2.24, 2.45) is 4.40 Å². The van der Waals surface area contributed by atoms with Crippen molar-refractivity contribution in [3.8, 4) is 0 Å². The molecule has 1 aliphatic carbocycles. The maximum absolute atomic E-state index is 12.8. The van der Waals surface area contributed by atoms with Crippen LogP contribution in [0.2, 0.25) is 0 Å². The number of sulfonamides is 1. The molecule has 1 aromatic heterocycles. The van der Waals surface area contributed by atoms with Crippen molar-refractivity contribution in [3.63, 3.8) is 0 Å². The standard InChI is InChI=1S/C22H23NO3S/c1-16-11-13-19(14-12-16)27(24,25)23-22-20-10-6-5-9-18(20)15-21(26-22)17-7-3-2-4-8-17/h5-6,9-15,17H,2-4,7-8H2,1H3/b23-22-. The van der Waals surface area contributed by atoms with Gasteiger partial charge in [-0.15, -0.1) is 4.40 Å². The molecule has 1 heterocycles. The van der Waals surface area contributed by atoms with Gasteiger partial charge in [-0.25, -0.2) is 0 Å². The topological polar surface area (TPSA) is 59.6 Å². The first-order chi connectivity index (χ1) is 13.0. The van der Waals surface area contributed by atoms with Gasteiger partial charge in [-0.05, 0) is 49.4 Å². The average Bonchev–Trinajstić information content (AvgIpc) is 2.69. The van der Waals surface area contributed by atoms with E-state index in [1.54, 1.807) is 24.3 Å². The minimum Gasteiger partial charge on any atom is -0.442 e. The van der Waals surface area contributed by atoms with Crippen LogP contribution in [0.25, 0.3) is 10.8 Å². The third-order valence-electron chi connectivity index (χ3n) is 5.23. The van der Waals surface area contributed by atoms with Gasteiger partial charge in [-0.2, -0.15) is 8.42 Å². The second kappa shape index (κ2) is 7.31. The van der Waals surface area contributed by atoms with Gasteiger partial charge in [-0.3, -0.25) is 0 Å². The molecular weight excluding hydrogens is 358 g/mol. The molecule has 0 unspecified atom stereocenters. The summed E-state index contributed by atoms with van der Waals surface area (Å²) in [4.78, 5) is 0.176. The van der Waals surface area contributed by atoms with Crippen LogP contribution in [0.5, 0.6) is 0 Å². The number of fused-ring (bicyclic) bond motifs is 1. The van der Waals surface area contributed by atoms with Crippen LogP contribution in [-0.2, 0) is 10.0 Å². The highest BCUT2D eigenvalue weighted by Gasteiger charge is 2.20. The summed E-state index contributed by atoms with van der Waals surface area (Å²) in [5, 5.41) is 1.68. The van der Waals surface area contributed by atoms with Gasteiger partial charge in [0.2, 0.25) is 5.55 Å². The molecule has 0 amide bonds. The summed E-state index contributed by atoms with van der Waals surface area (Å²) in [5.74, 6) is 1.17. The van der Waals surface area contributed by atoms with E-state index in [0.29, 0.717) is 11.3 Å². The van der Waals surface area contributed by atoms with E-state index in [-0.39, 0.29) is 10.4 Å². The molecule has 0 N–H and O–H groups in total. The van der Waals surface area contributed by atoms with Gasteiger partial charge in [0.15, 0.2) is 0 Å². The molecule has 140 valence electrons. The van der Waals surface area contributed by atoms with Crippen molar-refractivity contribution in [1.82, 2.24) is 0 Å². The van der Waals surface area contributed by atoms with Crippen LogP contribution in [0, 0.1) is 6.92 Å². The Morgan fingerprint density at radius 1 is 0.963 bits per heavy atom. The molecule has 2 aromatic carbocycles. The first kappa shape index (κ1) is 18.0. The number of rotatable bonds is 3. The molecule has 0 saturated heterocycles. The summed E-state index contributed by atoms with van der Waals surface area (Å²) in [6, 6.07) is 16.4. The Morgan fingerprint density at radius 2 is 1.67 bits per heavy atom.